The number of hydrogen-bond donors (Lipinski definition) is 2. The number of ether oxygens (including phenoxy) is 1. The van der Waals surface area contributed by atoms with Crippen LogP contribution >= 0.6 is 0 Å². The van der Waals surface area contributed by atoms with E-state index >= 15 is 0 Å². The Morgan fingerprint density at radius 1 is 1.48 bits per heavy atom. The molecule has 1 rings (SSSR count). The summed E-state index contributed by atoms with van der Waals surface area (Å²) in [6, 6.07) is 6.34. The maximum atomic E-state index is 12.1. The maximum Gasteiger partial charge on any atom is 0.323 e. The van der Waals surface area contributed by atoms with Crippen LogP contribution in [0.15, 0.2) is 18.2 Å². The second kappa shape index (κ2) is 7.87. The predicted octanol–water partition coefficient (Wildman–Crippen LogP) is 1.43. The Morgan fingerprint density at radius 3 is 2.76 bits per heavy atom. The molecule has 0 saturated carbocycles. The standard InChI is InChI=1S/C14H17N3O4/c1-10-3-4-11(8-15)7-12(10)16-14(20)17(5-6-21-2)9-13(18)19/h3-4,7H,5-6,9H2,1-2H3,(H,16,20)(H,18,19). The van der Waals surface area contributed by atoms with E-state index in [0.29, 0.717) is 11.3 Å². The number of aliphatic carboxylic acids is 1. The summed E-state index contributed by atoms with van der Waals surface area (Å²) in [5.74, 6) is -1.11. The lowest BCUT2D eigenvalue weighted by Crippen LogP contribution is -2.40. The van der Waals surface area contributed by atoms with E-state index in [-0.39, 0.29) is 13.2 Å². The Bertz CT molecular complexity index is 566. The van der Waals surface area contributed by atoms with Gasteiger partial charge in [-0.15, -0.1) is 0 Å². The minimum absolute atomic E-state index is 0.158. The van der Waals surface area contributed by atoms with Gasteiger partial charge in [0.2, 0.25) is 0 Å². The van der Waals surface area contributed by atoms with Gasteiger partial charge < -0.3 is 20.1 Å². The van der Waals surface area contributed by atoms with Gasteiger partial charge in [-0.25, -0.2) is 4.79 Å². The number of carbonyl (C=O) groups excluding carboxylic acids is 1. The third-order valence-electron chi connectivity index (χ3n) is 2.79. The Balaban J connectivity index is 2.85. The number of benzene rings is 1. The van der Waals surface area contributed by atoms with E-state index in [1.807, 2.05) is 6.07 Å². The highest BCUT2D eigenvalue weighted by molar-refractivity contribution is 5.92. The molecule has 0 aromatic heterocycles. The molecule has 1 aromatic rings. The number of urea groups is 1. The van der Waals surface area contributed by atoms with Crippen molar-refractivity contribution in [3.8, 4) is 6.07 Å². The van der Waals surface area contributed by atoms with Gasteiger partial charge in [0.15, 0.2) is 0 Å². The number of nitrogens with zero attached hydrogens (tertiary/aromatic N) is 2. The zero-order valence-corrected chi connectivity index (χ0v) is 11.9. The van der Waals surface area contributed by atoms with Gasteiger partial charge in [0.1, 0.15) is 6.54 Å². The third kappa shape index (κ3) is 5.12. The van der Waals surface area contributed by atoms with Crippen LogP contribution in [0.25, 0.3) is 0 Å². The van der Waals surface area contributed by atoms with Gasteiger partial charge in [0.05, 0.1) is 18.2 Å². The fourth-order valence-corrected chi connectivity index (χ4v) is 1.64. The smallest absolute Gasteiger partial charge is 0.323 e. The Kier molecular flexibility index (Phi) is 6.17. The molecule has 7 nitrogen and oxygen atoms in total. The molecule has 0 atom stereocenters. The molecule has 112 valence electrons. The number of nitrogens with one attached hydrogen (secondary N) is 1. The first-order chi connectivity index (χ1) is 9.97. The molecule has 0 saturated heterocycles. The third-order valence-corrected chi connectivity index (χ3v) is 2.79. The molecule has 0 aliphatic carbocycles. The fraction of sp³-hybridized carbons (Fsp3) is 0.357. The van der Waals surface area contributed by atoms with Crippen molar-refractivity contribution in [2.75, 3.05) is 32.1 Å². The highest BCUT2D eigenvalue weighted by Crippen LogP contribution is 2.17. The summed E-state index contributed by atoms with van der Waals surface area (Å²) >= 11 is 0. The number of carboxylic acids is 1. The zero-order chi connectivity index (χ0) is 15.8. The largest absolute Gasteiger partial charge is 0.480 e. The average molecular weight is 291 g/mol. The lowest BCUT2D eigenvalue weighted by Gasteiger charge is -2.21. The van der Waals surface area contributed by atoms with E-state index in [1.165, 1.54) is 7.11 Å². The Morgan fingerprint density at radius 2 is 2.19 bits per heavy atom. The van der Waals surface area contributed by atoms with Crippen LogP contribution in [0.2, 0.25) is 0 Å². The average Bonchev–Trinajstić information content (AvgIpc) is 2.45. The summed E-state index contributed by atoms with van der Waals surface area (Å²) < 4.78 is 4.86. The van der Waals surface area contributed by atoms with Gasteiger partial charge in [0.25, 0.3) is 0 Å². The van der Waals surface area contributed by atoms with Crippen LogP contribution < -0.4 is 5.32 Å². The van der Waals surface area contributed by atoms with E-state index in [0.717, 1.165) is 10.5 Å². The molecule has 2 amide bonds. The quantitative estimate of drug-likeness (QED) is 0.825. The Hall–Kier alpha value is -2.59. The van der Waals surface area contributed by atoms with E-state index < -0.39 is 18.5 Å². The van der Waals surface area contributed by atoms with E-state index in [1.54, 1.807) is 25.1 Å². The normalized spacial score (nSPS) is 9.76. The van der Waals surface area contributed by atoms with Crippen LogP contribution in [0.4, 0.5) is 10.5 Å². The minimum Gasteiger partial charge on any atom is -0.480 e. The van der Waals surface area contributed by atoms with Crippen molar-refractivity contribution in [2.24, 2.45) is 0 Å². The summed E-state index contributed by atoms with van der Waals surface area (Å²) in [7, 11) is 1.47. The molecule has 0 spiro atoms. The highest BCUT2D eigenvalue weighted by atomic mass is 16.5. The first kappa shape index (κ1) is 16.5. The summed E-state index contributed by atoms with van der Waals surface area (Å²) in [4.78, 5) is 24.0. The van der Waals surface area contributed by atoms with Crippen molar-refractivity contribution >= 4 is 17.7 Å². The second-order valence-corrected chi connectivity index (χ2v) is 4.38. The molecular formula is C14H17N3O4. The molecule has 21 heavy (non-hydrogen) atoms. The van der Waals surface area contributed by atoms with Crippen LogP contribution in [-0.4, -0.2) is 48.8 Å². The number of hydrogen-bond acceptors (Lipinski definition) is 4. The molecule has 0 heterocycles. The molecule has 2 N–H and O–H groups in total. The molecule has 0 fully saturated rings. The minimum atomic E-state index is -1.11. The molecule has 0 aliphatic rings. The van der Waals surface area contributed by atoms with E-state index in [9.17, 15) is 9.59 Å². The number of carbonyl (C=O) groups is 2. The number of aryl methyl sites for hydroxylation is 1. The van der Waals surface area contributed by atoms with Crippen LogP contribution in [0, 0.1) is 18.3 Å². The summed E-state index contributed by atoms with van der Waals surface area (Å²) in [5.41, 5.74) is 1.67. The molecule has 1 aromatic carbocycles. The fourth-order valence-electron chi connectivity index (χ4n) is 1.64. The van der Waals surface area contributed by atoms with Crippen LogP contribution in [0.1, 0.15) is 11.1 Å². The lowest BCUT2D eigenvalue weighted by molar-refractivity contribution is -0.137. The van der Waals surface area contributed by atoms with Gasteiger partial charge >= 0.3 is 12.0 Å². The Labute approximate surface area is 122 Å². The highest BCUT2D eigenvalue weighted by Gasteiger charge is 2.17. The summed E-state index contributed by atoms with van der Waals surface area (Å²) in [6.07, 6.45) is 0. The van der Waals surface area contributed by atoms with Crippen molar-refractivity contribution in [1.82, 2.24) is 4.90 Å². The number of rotatable bonds is 6. The number of nitriles is 1. The van der Waals surface area contributed by atoms with Crippen molar-refractivity contribution in [3.63, 3.8) is 0 Å². The van der Waals surface area contributed by atoms with Crippen molar-refractivity contribution in [3.05, 3.63) is 29.3 Å². The van der Waals surface area contributed by atoms with Crippen molar-refractivity contribution < 1.29 is 19.4 Å². The van der Waals surface area contributed by atoms with Crippen LogP contribution in [-0.2, 0) is 9.53 Å². The SMILES string of the molecule is COCCN(CC(=O)O)C(=O)Nc1cc(C#N)ccc1C. The number of methoxy groups -OCH3 is 1. The maximum absolute atomic E-state index is 12.1. The number of carboxylic acid groups (broad SMARTS) is 1. The monoisotopic (exact) mass is 291 g/mol. The van der Waals surface area contributed by atoms with Crippen LogP contribution in [0.5, 0.6) is 0 Å². The molecule has 0 radical (unpaired) electrons. The topological polar surface area (TPSA) is 103 Å². The number of amides is 2. The van der Waals surface area contributed by atoms with Gasteiger partial charge in [-0.3, -0.25) is 4.79 Å². The van der Waals surface area contributed by atoms with E-state index in [4.69, 9.17) is 15.1 Å². The van der Waals surface area contributed by atoms with Crippen LogP contribution in [0.3, 0.4) is 0 Å². The van der Waals surface area contributed by atoms with Crippen molar-refractivity contribution in [1.29, 1.82) is 5.26 Å². The summed E-state index contributed by atoms with van der Waals surface area (Å²) in [6.45, 7) is 1.75. The van der Waals surface area contributed by atoms with Gasteiger partial charge in [-0.05, 0) is 24.6 Å². The number of anilines is 1. The zero-order valence-electron chi connectivity index (χ0n) is 11.9. The van der Waals surface area contributed by atoms with Crippen molar-refractivity contribution in [2.45, 2.75) is 6.92 Å². The second-order valence-electron chi connectivity index (χ2n) is 4.38. The van der Waals surface area contributed by atoms with Gasteiger partial charge in [0, 0.05) is 19.3 Å². The van der Waals surface area contributed by atoms with E-state index in [2.05, 4.69) is 5.32 Å². The van der Waals surface area contributed by atoms with Gasteiger partial charge in [-0.2, -0.15) is 5.26 Å². The molecular weight excluding hydrogens is 274 g/mol. The molecule has 0 bridgehead atoms. The summed E-state index contributed by atoms with van der Waals surface area (Å²) in [5, 5.41) is 20.3. The molecule has 7 heteroatoms. The first-order valence-electron chi connectivity index (χ1n) is 6.25. The molecule has 0 aliphatic heterocycles. The lowest BCUT2D eigenvalue weighted by atomic mass is 10.1. The predicted molar refractivity (Wildman–Crippen MR) is 76.0 cm³/mol. The first-order valence-corrected chi connectivity index (χ1v) is 6.25. The molecule has 0 unspecified atom stereocenters. The van der Waals surface area contributed by atoms with Gasteiger partial charge in [-0.1, -0.05) is 6.07 Å².